The van der Waals surface area contributed by atoms with E-state index in [9.17, 15) is 4.57 Å². The summed E-state index contributed by atoms with van der Waals surface area (Å²) < 4.78 is 14.9. The summed E-state index contributed by atoms with van der Waals surface area (Å²) in [5, 5.41) is 0. The zero-order valence-corrected chi connectivity index (χ0v) is 5.96. The molecule has 0 saturated heterocycles. The van der Waals surface area contributed by atoms with Crippen molar-refractivity contribution in [1.82, 2.24) is 0 Å². The molecule has 1 atom stereocenters. The summed E-state index contributed by atoms with van der Waals surface area (Å²) in [6, 6.07) is 0. The smallest absolute Gasteiger partial charge is 0.313 e. The number of hydrogen-bond acceptors (Lipinski definition) is 3. The van der Waals surface area contributed by atoms with Gasteiger partial charge in [0.2, 0.25) is 0 Å². The Bertz CT molecular complexity index is 92.0. The molecule has 3 nitrogen and oxygen atoms in total. The van der Waals surface area contributed by atoms with Crippen LogP contribution in [0.3, 0.4) is 0 Å². The summed E-state index contributed by atoms with van der Waals surface area (Å²) in [5.41, 5.74) is 5.01. The molecule has 0 radical (unpaired) electrons. The fourth-order valence-electron chi connectivity index (χ4n) is 0.0745. The molecule has 0 aromatic carbocycles. The van der Waals surface area contributed by atoms with Gasteiger partial charge in [0, 0.05) is 7.11 Å². The van der Waals surface area contributed by atoms with E-state index in [0.717, 1.165) is 11.4 Å². The fourth-order valence-corrected chi connectivity index (χ4v) is 0.671. The van der Waals surface area contributed by atoms with Gasteiger partial charge in [0.25, 0.3) is 0 Å². The van der Waals surface area contributed by atoms with Crippen LogP contribution in [0.15, 0.2) is 0 Å². The maximum Gasteiger partial charge on any atom is 0.323 e. The first-order valence-electron chi connectivity index (χ1n) is 1.62. The van der Waals surface area contributed by atoms with Crippen molar-refractivity contribution in [2.24, 2.45) is 5.50 Å². The molecule has 0 fully saturated rings. The average Bonchev–Trinajstić information content (AvgIpc) is 1.68. The van der Waals surface area contributed by atoms with Crippen LogP contribution in [0.1, 0.15) is 0 Å². The summed E-state index contributed by atoms with van der Waals surface area (Å²) in [6.45, 7) is -2.74. The minimum absolute atomic E-state index is 0. The normalized spacial score (nSPS) is 16.4. The van der Waals surface area contributed by atoms with Crippen molar-refractivity contribution < 1.29 is 9.09 Å². The van der Waals surface area contributed by atoms with Crippen molar-refractivity contribution in [2.45, 2.75) is 0 Å². The minimum Gasteiger partial charge on any atom is -0.313 e. The third-order valence-corrected chi connectivity index (χ3v) is 3.50. The molecule has 1 unspecified atom stereocenters. The van der Waals surface area contributed by atoms with Gasteiger partial charge < -0.3 is 4.52 Å². The van der Waals surface area contributed by atoms with Crippen LogP contribution in [-0.2, 0) is 9.09 Å². The van der Waals surface area contributed by atoms with Crippen molar-refractivity contribution in [1.29, 1.82) is 0 Å². The second-order valence-corrected chi connectivity index (χ2v) is 5.34. The van der Waals surface area contributed by atoms with Gasteiger partial charge in [0.1, 0.15) is 0 Å². The molecular weight excluding hydrogens is 161 g/mol. The molecule has 0 spiro atoms. The maximum atomic E-state index is 10.5. The van der Waals surface area contributed by atoms with Gasteiger partial charge in [-0.25, -0.2) is 0 Å². The highest BCUT2D eigenvalue weighted by Gasteiger charge is 2.09. The van der Waals surface area contributed by atoms with E-state index in [1.165, 1.54) is 7.11 Å². The molecule has 0 aliphatic carbocycles. The van der Waals surface area contributed by atoms with E-state index >= 15 is 0 Å². The zero-order valence-electron chi connectivity index (χ0n) is 4.25. The monoisotopic (exact) mass is 173 g/mol. The van der Waals surface area contributed by atoms with Gasteiger partial charge in [-0.2, -0.15) is 0 Å². The second-order valence-electron chi connectivity index (χ2n) is 0.905. The standard InChI is InChI=1S/C2H8NO2PS.H4Si/c1-5-6(3,4)7-2;/h1-2H3,(H2,3,4);1H4. The summed E-state index contributed by atoms with van der Waals surface area (Å²) in [5.74, 6) is 0. The first kappa shape index (κ1) is 11.5. The van der Waals surface area contributed by atoms with E-state index in [1.807, 2.05) is 0 Å². The molecule has 0 aromatic rings. The van der Waals surface area contributed by atoms with E-state index < -0.39 is 6.72 Å². The quantitative estimate of drug-likeness (QED) is 0.456. The Morgan fingerprint density at radius 1 is 1.75 bits per heavy atom. The van der Waals surface area contributed by atoms with Crippen molar-refractivity contribution in [3.05, 3.63) is 0 Å². The predicted molar refractivity (Wildman–Crippen MR) is 43.7 cm³/mol. The first-order valence-corrected chi connectivity index (χ1v) is 5.15. The molecule has 0 aliphatic heterocycles. The lowest BCUT2D eigenvalue weighted by molar-refractivity contribution is 0.410. The first-order chi connectivity index (χ1) is 3.12. The number of rotatable bonds is 2. The highest BCUT2D eigenvalue weighted by atomic mass is 32.7. The van der Waals surface area contributed by atoms with Crippen LogP contribution in [0, 0.1) is 0 Å². The third-order valence-electron chi connectivity index (χ3n) is 0.509. The Morgan fingerprint density at radius 2 is 2.12 bits per heavy atom. The lowest BCUT2D eigenvalue weighted by Crippen LogP contribution is -1.89. The molecule has 0 amide bonds. The Morgan fingerprint density at radius 3 is 2.12 bits per heavy atom. The molecule has 0 bridgehead atoms. The van der Waals surface area contributed by atoms with Gasteiger partial charge in [0.15, 0.2) is 0 Å². The Kier molecular flexibility index (Phi) is 6.59. The largest absolute Gasteiger partial charge is 0.323 e. The molecule has 0 aliphatic rings. The Hall–Kier alpha value is 0.717. The van der Waals surface area contributed by atoms with Crippen LogP contribution < -0.4 is 5.50 Å². The van der Waals surface area contributed by atoms with Crippen LogP contribution in [-0.4, -0.2) is 24.3 Å². The van der Waals surface area contributed by atoms with Crippen LogP contribution in [0.2, 0.25) is 0 Å². The number of nitrogens with two attached hydrogens (primary N) is 1. The molecule has 8 heavy (non-hydrogen) atoms. The molecule has 0 saturated carbocycles. The van der Waals surface area contributed by atoms with Crippen LogP contribution in [0.25, 0.3) is 0 Å². The highest BCUT2D eigenvalue weighted by Crippen LogP contribution is 2.48. The van der Waals surface area contributed by atoms with Crippen LogP contribution >= 0.6 is 18.1 Å². The molecular formula is C2H12NO2PSSi. The molecule has 0 heterocycles. The summed E-state index contributed by atoms with van der Waals surface area (Å²) in [4.78, 5) is 0. The lowest BCUT2D eigenvalue weighted by atomic mass is 11.8. The van der Waals surface area contributed by atoms with Gasteiger partial charge in [-0.15, -0.1) is 0 Å². The molecule has 2 N–H and O–H groups in total. The van der Waals surface area contributed by atoms with Gasteiger partial charge >= 0.3 is 6.72 Å². The topological polar surface area (TPSA) is 52.3 Å². The summed E-state index contributed by atoms with van der Waals surface area (Å²) >= 11 is 1.04. The van der Waals surface area contributed by atoms with E-state index in [2.05, 4.69) is 4.52 Å². The van der Waals surface area contributed by atoms with Gasteiger partial charge in [-0.1, -0.05) is 11.4 Å². The van der Waals surface area contributed by atoms with E-state index in [4.69, 9.17) is 5.50 Å². The van der Waals surface area contributed by atoms with Gasteiger partial charge in [-0.05, 0) is 17.2 Å². The SMILES string of the molecule is COP(N)(=O)SC.[SiH4]. The van der Waals surface area contributed by atoms with Crippen molar-refractivity contribution in [2.75, 3.05) is 13.4 Å². The molecule has 0 rings (SSSR count). The lowest BCUT2D eigenvalue weighted by Gasteiger charge is -2.02. The second kappa shape index (κ2) is 4.58. The number of hydrogen-bond donors (Lipinski definition) is 1. The van der Waals surface area contributed by atoms with E-state index in [0.29, 0.717) is 0 Å². The molecule has 6 heteroatoms. The van der Waals surface area contributed by atoms with E-state index in [-0.39, 0.29) is 11.0 Å². The van der Waals surface area contributed by atoms with Gasteiger partial charge in [-0.3, -0.25) is 10.1 Å². The fraction of sp³-hybridized carbons (Fsp3) is 1.00. The molecule has 0 aromatic heterocycles. The highest BCUT2D eigenvalue weighted by molar-refractivity contribution is 8.55. The van der Waals surface area contributed by atoms with Crippen molar-refractivity contribution >= 4 is 29.1 Å². The van der Waals surface area contributed by atoms with Crippen LogP contribution in [0.5, 0.6) is 0 Å². The molecule has 52 valence electrons. The predicted octanol–water partition coefficient (Wildman–Crippen LogP) is -0.389. The minimum atomic E-state index is -2.74. The zero-order chi connectivity index (χ0) is 5.91. The Labute approximate surface area is 57.6 Å². The summed E-state index contributed by atoms with van der Waals surface area (Å²) in [6.07, 6.45) is 1.64. The van der Waals surface area contributed by atoms with E-state index in [1.54, 1.807) is 6.26 Å². The van der Waals surface area contributed by atoms with Crippen LogP contribution in [0.4, 0.5) is 0 Å². The average molecular weight is 173 g/mol. The third kappa shape index (κ3) is 4.87. The van der Waals surface area contributed by atoms with Crippen molar-refractivity contribution in [3.63, 3.8) is 0 Å². The maximum absolute atomic E-state index is 10.5. The Balaban J connectivity index is 0. The van der Waals surface area contributed by atoms with Gasteiger partial charge in [0.05, 0.1) is 0 Å². The summed E-state index contributed by atoms with van der Waals surface area (Å²) in [7, 11) is 1.33. The van der Waals surface area contributed by atoms with Crippen molar-refractivity contribution in [3.8, 4) is 0 Å².